The largest absolute Gasteiger partial charge is 0.442 e. The molecule has 1 fully saturated rings. The van der Waals surface area contributed by atoms with Crippen LogP contribution < -0.4 is 4.90 Å². The van der Waals surface area contributed by atoms with Crippen molar-refractivity contribution in [3.05, 3.63) is 47.8 Å². The van der Waals surface area contributed by atoms with Crippen LogP contribution in [0.4, 0.5) is 10.5 Å². The Kier molecular flexibility index (Phi) is 4.82. The number of anilines is 1. The maximum Gasteiger partial charge on any atom is 0.432 e. The van der Waals surface area contributed by atoms with Crippen LogP contribution in [0.3, 0.4) is 0 Å². The molecule has 2 aliphatic heterocycles. The predicted octanol–water partition coefficient (Wildman–Crippen LogP) is 1.81. The third kappa shape index (κ3) is 3.44. The van der Waals surface area contributed by atoms with Gasteiger partial charge in [0.1, 0.15) is 17.9 Å². The van der Waals surface area contributed by atoms with Crippen LogP contribution >= 0.6 is 7.75 Å². The molecule has 1 aromatic heterocycles. The number of cyclic esters (lactones) is 1. The molecule has 154 valence electrons. The Labute approximate surface area is 171 Å². The van der Waals surface area contributed by atoms with Gasteiger partial charge in [-0.1, -0.05) is 6.07 Å². The van der Waals surface area contributed by atoms with Crippen LogP contribution in [0.5, 0.6) is 0 Å². The summed E-state index contributed by atoms with van der Waals surface area (Å²) in [6.07, 6.45) is 0.515. The van der Waals surface area contributed by atoms with E-state index in [4.69, 9.17) is 10.00 Å². The summed E-state index contributed by atoms with van der Waals surface area (Å²) in [6, 6.07) is 10.4. The molecular weight excluding hydrogens is 411 g/mol. The molecule has 1 saturated heterocycles. The molecule has 10 nitrogen and oxygen atoms in total. The van der Waals surface area contributed by atoms with E-state index in [1.165, 1.54) is 4.90 Å². The zero-order valence-corrected chi connectivity index (χ0v) is 16.7. The first-order valence-electron chi connectivity index (χ1n) is 9.02. The van der Waals surface area contributed by atoms with Gasteiger partial charge < -0.3 is 14.5 Å². The molecule has 0 unspecified atom stereocenters. The molecule has 2 aliphatic rings. The van der Waals surface area contributed by atoms with Gasteiger partial charge in [-0.2, -0.15) is 5.26 Å². The van der Waals surface area contributed by atoms with Crippen molar-refractivity contribution in [2.75, 3.05) is 11.4 Å². The molecule has 0 radical (unpaired) electrons. The number of hydrogen-bond acceptors (Lipinski definition) is 6. The van der Waals surface area contributed by atoms with Gasteiger partial charge in [0.05, 0.1) is 18.3 Å². The van der Waals surface area contributed by atoms with E-state index in [9.17, 15) is 23.9 Å². The first-order chi connectivity index (χ1) is 14.2. The zero-order chi connectivity index (χ0) is 21.6. The Morgan fingerprint density at radius 2 is 2.10 bits per heavy atom. The van der Waals surface area contributed by atoms with Crippen LogP contribution in [0.1, 0.15) is 18.2 Å². The van der Waals surface area contributed by atoms with Gasteiger partial charge >= 0.3 is 13.8 Å². The third-order valence-corrected chi connectivity index (χ3v) is 6.29. The van der Waals surface area contributed by atoms with Gasteiger partial charge in [0.2, 0.25) is 5.91 Å². The number of nitrogens with zero attached hydrogens (tertiary/aromatic N) is 4. The highest BCUT2D eigenvalue weighted by Crippen LogP contribution is 2.44. The van der Waals surface area contributed by atoms with Crippen molar-refractivity contribution in [3.8, 4) is 17.2 Å². The van der Waals surface area contributed by atoms with Crippen molar-refractivity contribution in [2.45, 2.75) is 25.5 Å². The number of benzene rings is 1. The van der Waals surface area contributed by atoms with E-state index < -0.39 is 38.4 Å². The van der Waals surface area contributed by atoms with E-state index >= 15 is 0 Å². The minimum atomic E-state index is -4.82. The van der Waals surface area contributed by atoms with Crippen molar-refractivity contribution in [1.29, 1.82) is 5.26 Å². The lowest BCUT2D eigenvalue weighted by Crippen LogP contribution is -2.41. The number of ether oxygens (including phenoxy) is 1. The Balaban J connectivity index is 1.61. The van der Waals surface area contributed by atoms with Crippen LogP contribution in [-0.2, 0) is 20.5 Å². The molecule has 0 bridgehead atoms. The molecule has 1 aromatic carbocycles. The van der Waals surface area contributed by atoms with Gasteiger partial charge in [-0.3, -0.25) is 9.69 Å². The summed E-state index contributed by atoms with van der Waals surface area (Å²) in [5, 5.41) is 8.88. The average Bonchev–Trinajstić information content (AvgIpc) is 3.22. The van der Waals surface area contributed by atoms with E-state index in [-0.39, 0.29) is 0 Å². The average molecular weight is 428 g/mol. The minimum absolute atomic E-state index is 0.311. The molecule has 2 amide bonds. The summed E-state index contributed by atoms with van der Waals surface area (Å²) in [5.74, 6) is -0.802. The SMILES string of the molecule is CC(=O)N(C[C@@H]1OC(=O)N2c3ccc(-c4ccc(C#N)nc4)cc3C[C@@H]12)P(=O)(O)O. The fourth-order valence-electron chi connectivity index (χ4n) is 3.83. The number of carbonyl (C=O) groups excluding carboxylic acids is 2. The highest BCUT2D eigenvalue weighted by atomic mass is 31.2. The Bertz CT molecular complexity index is 1120. The van der Waals surface area contributed by atoms with Gasteiger partial charge in [-0.05, 0) is 41.8 Å². The maximum absolute atomic E-state index is 12.4. The molecule has 0 saturated carbocycles. The van der Waals surface area contributed by atoms with Crippen molar-refractivity contribution >= 4 is 25.4 Å². The van der Waals surface area contributed by atoms with Gasteiger partial charge in [0, 0.05) is 18.7 Å². The first-order valence-corrected chi connectivity index (χ1v) is 10.6. The smallest absolute Gasteiger partial charge is 0.432 e. The summed E-state index contributed by atoms with van der Waals surface area (Å²) < 4.78 is 17.4. The van der Waals surface area contributed by atoms with Crippen molar-refractivity contribution < 1.29 is 28.7 Å². The second-order valence-corrected chi connectivity index (χ2v) is 8.57. The lowest BCUT2D eigenvalue weighted by molar-refractivity contribution is -0.126. The quantitative estimate of drug-likeness (QED) is 0.702. The summed E-state index contributed by atoms with van der Waals surface area (Å²) in [4.78, 5) is 48.5. The van der Waals surface area contributed by atoms with E-state index in [1.54, 1.807) is 24.4 Å². The standard InChI is InChI=1S/C19H17N4O6P/c1-11(24)22(30(26,27)28)10-18-17-7-14-6-12(13-2-4-15(8-20)21-9-13)3-5-16(14)23(17)19(25)29-18/h2-6,9,17-18H,7,10H2,1H3,(H2,26,27,28)/t17-,18-/m0/s1. The number of nitriles is 1. The van der Waals surface area contributed by atoms with Gasteiger partial charge in [-0.15, -0.1) is 0 Å². The number of rotatable bonds is 4. The normalized spacial score (nSPS) is 19.7. The molecule has 0 spiro atoms. The topological polar surface area (TPSA) is 144 Å². The first kappa shape index (κ1) is 20.0. The van der Waals surface area contributed by atoms with Crippen molar-refractivity contribution in [3.63, 3.8) is 0 Å². The number of carbonyl (C=O) groups is 2. The summed E-state index contributed by atoms with van der Waals surface area (Å²) in [5.41, 5.74) is 3.51. The van der Waals surface area contributed by atoms with E-state index in [0.717, 1.165) is 23.6 Å². The van der Waals surface area contributed by atoms with Crippen molar-refractivity contribution in [2.24, 2.45) is 0 Å². The lowest BCUT2D eigenvalue weighted by Gasteiger charge is -2.26. The van der Waals surface area contributed by atoms with E-state index in [1.807, 2.05) is 18.2 Å². The molecule has 11 heteroatoms. The van der Waals surface area contributed by atoms with Gasteiger partial charge in [0.15, 0.2) is 0 Å². The summed E-state index contributed by atoms with van der Waals surface area (Å²) in [7, 11) is -4.82. The zero-order valence-electron chi connectivity index (χ0n) is 15.8. The predicted molar refractivity (Wildman–Crippen MR) is 104 cm³/mol. The molecule has 3 heterocycles. The highest BCUT2D eigenvalue weighted by molar-refractivity contribution is 7.49. The van der Waals surface area contributed by atoms with Crippen LogP contribution in [-0.4, -0.2) is 50.1 Å². The van der Waals surface area contributed by atoms with E-state index in [0.29, 0.717) is 22.5 Å². The fourth-order valence-corrected chi connectivity index (χ4v) is 4.57. The van der Waals surface area contributed by atoms with Crippen LogP contribution in [0.15, 0.2) is 36.5 Å². The number of fused-ring (bicyclic) bond motifs is 3. The third-order valence-electron chi connectivity index (χ3n) is 5.22. The summed E-state index contributed by atoms with van der Waals surface area (Å²) >= 11 is 0. The Hall–Kier alpha value is -3.25. The molecule has 30 heavy (non-hydrogen) atoms. The van der Waals surface area contributed by atoms with Gasteiger partial charge in [-0.25, -0.2) is 19.0 Å². The fraction of sp³-hybridized carbons (Fsp3) is 0.263. The molecule has 2 N–H and O–H groups in total. The monoisotopic (exact) mass is 428 g/mol. The maximum atomic E-state index is 12.4. The highest BCUT2D eigenvalue weighted by Gasteiger charge is 2.49. The second-order valence-electron chi connectivity index (χ2n) is 7.07. The van der Waals surface area contributed by atoms with Crippen LogP contribution in [0, 0.1) is 11.3 Å². The molecule has 4 rings (SSSR count). The summed E-state index contributed by atoms with van der Waals surface area (Å²) in [6.45, 7) is 0.655. The number of hydrogen-bond donors (Lipinski definition) is 2. The molecular formula is C19H17N4O6P. The van der Waals surface area contributed by atoms with Crippen LogP contribution in [0.25, 0.3) is 11.1 Å². The number of pyridine rings is 1. The van der Waals surface area contributed by atoms with Crippen molar-refractivity contribution in [1.82, 2.24) is 9.65 Å². The molecule has 2 aromatic rings. The van der Waals surface area contributed by atoms with E-state index in [2.05, 4.69) is 4.98 Å². The number of aromatic nitrogens is 1. The Morgan fingerprint density at radius 1 is 1.37 bits per heavy atom. The van der Waals surface area contributed by atoms with Crippen LogP contribution in [0.2, 0.25) is 0 Å². The minimum Gasteiger partial charge on any atom is -0.442 e. The Morgan fingerprint density at radius 3 is 2.70 bits per heavy atom. The lowest BCUT2D eigenvalue weighted by atomic mass is 10.0. The van der Waals surface area contributed by atoms with Gasteiger partial charge in [0.25, 0.3) is 0 Å². The molecule has 2 atom stereocenters. The molecule has 0 aliphatic carbocycles. The second kappa shape index (κ2) is 7.22. The number of amides is 2.